The molecular weight excluding hydrogens is 318 g/mol. The fraction of sp³-hybridized carbons (Fsp3) is 0.650. The second-order valence-electron chi connectivity index (χ2n) is 6.51. The number of piperidine rings is 1. The second kappa shape index (κ2) is 12.5. The highest BCUT2D eigenvalue weighted by Crippen LogP contribution is 2.22. The fourth-order valence-electron chi connectivity index (χ4n) is 2.86. The van der Waals surface area contributed by atoms with Crippen LogP contribution in [0.15, 0.2) is 23.9 Å². The summed E-state index contributed by atoms with van der Waals surface area (Å²) in [7, 11) is 0. The molecule has 0 atom stereocenters. The van der Waals surface area contributed by atoms with Crippen molar-refractivity contribution in [2.24, 2.45) is 0 Å². The number of nitrogens with zero attached hydrogens (tertiary/aromatic N) is 1. The van der Waals surface area contributed by atoms with Crippen LogP contribution >= 0.6 is 0 Å². The number of carbonyl (C=O) groups is 3. The van der Waals surface area contributed by atoms with Crippen molar-refractivity contribution in [3.63, 3.8) is 0 Å². The molecule has 1 amide bonds. The Bertz CT molecular complexity index is 508. The molecule has 1 saturated heterocycles. The average molecular weight is 349 g/mol. The summed E-state index contributed by atoms with van der Waals surface area (Å²) >= 11 is 0. The maximum atomic E-state index is 12.2. The number of rotatable bonds is 12. The first-order valence-corrected chi connectivity index (χ1v) is 9.42. The minimum absolute atomic E-state index is 0.103. The molecule has 0 aromatic rings. The normalized spacial score (nSPS) is 16.8. The molecule has 0 bridgehead atoms. The molecule has 1 aliphatic heterocycles. The number of carboxylic acids is 1. The zero-order valence-electron chi connectivity index (χ0n) is 15.3. The highest BCUT2D eigenvalue weighted by atomic mass is 16.4. The zero-order chi connectivity index (χ0) is 18.5. The van der Waals surface area contributed by atoms with Gasteiger partial charge in [0.15, 0.2) is 0 Å². The summed E-state index contributed by atoms with van der Waals surface area (Å²) in [6, 6.07) is 0. The molecule has 1 rings (SSSR count). The summed E-state index contributed by atoms with van der Waals surface area (Å²) in [6.07, 6.45) is 13.6. The monoisotopic (exact) mass is 349 g/mol. The van der Waals surface area contributed by atoms with Gasteiger partial charge in [-0.1, -0.05) is 38.0 Å². The lowest BCUT2D eigenvalue weighted by molar-refractivity contribution is -0.137. The van der Waals surface area contributed by atoms with Crippen LogP contribution in [0.5, 0.6) is 0 Å². The lowest BCUT2D eigenvalue weighted by Gasteiger charge is -2.29. The maximum absolute atomic E-state index is 12.2. The van der Waals surface area contributed by atoms with Crippen molar-refractivity contribution < 1.29 is 19.5 Å². The third-order valence-corrected chi connectivity index (χ3v) is 4.31. The van der Waals surface area contributed by atoms with E-state index < -0.39 is 5.97 Å². The first-order chi connectivity index (χ1) is 12.0. The van der Waals surface area contributed by atoms with Gasteiger partial charge in [-0.2, -0.15) is 0 Å². The summed E-state index contributed by atoms with van der Waals surface area (Å²) in [6.45, 7) is 2.62. The van der Waals surface area contributed by atoms with E-state index in [4.69, 9.17) is 5.11 Å². The molecule has 1 aliphatic rings. The number of carbonyl (C=O) groups excluding carboxylic acids is 2. The van der Waals surface area contributed by atoms with Crippen LogP contribution in [0.2, 0.25) is 0 Å². The van der Waals surface area contributed by atoms with Gasteiger partial charge in [0.2, 0.25) is 5.91 Å². The van der Waals surface area contributed by atoms with Gasteiger partial charge in [0, 0.05) is 37.9 Å². The van der Waals surface area contributed by atoms with Gasteiger partial charge >= 0.3 is 5.97 Å². The van der Waals surface area contributed by atoms with Crippen LogP contribution in [0.3, 0.4) is 0 Å². The third-order valence-electron chi connectivity index (χ3n) is 4.31. The smallest absolute Gasteiger partial charge is 0.303 e. The van der Waals surface area contributed by atoms with E-state index in [2.05, 4.69) is 6.92 Å². The lowest BCUT2D eigenvalue weighted by atomic mass is 10.0. The SMILES string of the molecule is CCCCCC(=O)CC=C1CCCC(=O)N1C/C=C\CCCC(=O)O. The van der Waals surface area contributed by atoms with E-state index in [1.807, 2.05) is 18.2 Å². The number of hydrogen-bond acceptors (Lipinski definition) is 3. The van der Waals surface area contributed by atoms with Crippen LogP contribution in [-0.4, -0.2) is 34.2 Å². The van der Waals surface area contributed by atoms with Gasteiger partial charge in [-0.3, -0.25) is 14.4 Å². The van der Waals surface area contributed by atoms with Gasteiger partial charge in [0.05, 0.1) is 0 Å². The number of aliphatic carboxylic acids is 1. The Balaban J connectivity index is 2.47. The van der Waals surface area contributed by atoms with Crippen LogP contribution in [0, 0.1) is 0 Å². The molecule has 0 radical (unpaired) electrons. The van der Waals surface area contributed by atoms with E-state index in [0.29, 0.717) is 38.6 Å². The minimum Gasteiger partial charge on any atom is -0.481 e. The number of likely N-dealkylation sites (tertiary alicyclic amines) is 1. The van der Waals surface area contributed by atoms with E-state index in [9.17, 15) is 14.4 Å². The zero-order valence-corrected chi connectivity index (χ0v) is 15.3. The molecule has 140 valence electrons. The summed E-state index contributed by atoms with van der Waals surface area (Å²) in [5, 5.41) is 8.60. The number of ketones is 1. The Kier molecular flexibility index (Phi) is 10.5. The van der Waals surface area contributed by atoms with Crippen LogP contribution < -0.4 is 0 Å². The van der Waals surface area contributed by atoms with Crippen LogP contribution in [-0.2, 0) is 14.4 Å². The molecular formula is C20H31NO4. The highest BCUT2D eigenvalue weighted by molar-refractivity contribution is 5.81. The Morgan fingerprint density at radius 2 is 1.92 bits per heavy atom. The van der Waals surface area contributed by atoms with Gasteiger partial charge in [-0.25, -0.2) is 0 Å². The topological polar surface area (TPSA) is 74.7 Å². The van der Waals surface area contributed by atoms with Crippen molar-refractivity contribution >= 4 is 17.7 Å². The Morgan fingerprint density at radius 1 is 1.12 bits per heavy atom. The van der Waals surface area contributed by atoms with E-state index in [-0.39, 0.29) is 18.1 Å². The number of unbranched alkanes of at least 4 members (excludes halogenated alkanes) is 3. The van der Waals surface area contributed by atoms with Crippen molar-refractivity contribution in [2.75, 3.05) is 6.54 Å². The number of Topliss-reactive ketones (excluding diaryl/α,β-unsaturated/α-hetero) is 1. The van der Waals surface area contributed by atoms with Crippen LogP contribution in [0.4, 0.5) is 0 Å². The van der Waals surface area contributed by atoms with E-state index >= 15 is 0 Å². The molecule has 5 nitrogen and oxygen atoms in total. The largest absolute Gasteiger partial charge is 0.481 e. The summed E-state index contributed by atoms with van der Waals surface area (Å²) in [4.78, 5) is 36.3. The fourth-order valence-corrected chi connectivity index (χ4v) is 2.86. The first kappa shape index (κ1) is 21.1. The van der Waals surface area contributed by atoms with Gasteiger partial charge in [0.1, 0.15) is 5.78 Å². The van der Waals surface area contributed by atoms with Crippen LogP contribution in [0.25, 0.3) is 0 Å². The van der Waals surface area contributed by atoms with E-state index in [0.717, 1.165) is 37.8 Å². The number of allylic oxidation sites excluding steroid dienone is 3. The maximum Gasteiger partial charge on any atom is 0.303 e. The molecule has 0 spiro atoms. The second-order valence-corrected chi connectivity index (χ2v) is 6.51. The molecule has 0 saturated carbocycles. The molecule has 25 heavy (non-hydrogen) atoms. The first-order valence-electron chi connectivity index (χ1n) is 9.42. The molecule has 1 fully saturated rings. The van der Waals surface area contributed by atoms with Crippen molar-refractivity contribution in [2.45, 2.75) is 77.6 Å². The van der Waals surface area contributed by atoms with Gasteiger partial charge in [0.25, 0.3) is 0 Å². The molecule has 5 heteroatoms. The summed E-state index contributed by atoms with van der Waals surface area (Å²) < 4.78 is 0. The third kappa shape index (κ3) is 9.22. The van der Waals surface area contributed by atoms with Crippen molar-refractivity contribution in [3.8, 4) is 0 Å². The van der Waals surface area contributed by atoms with Crippen molar-refractivity contribution in [1.29, 1.82) is 0 Å². The Labute approximate surface area is 150 Å². The van der Waals surface area contributed by atoms with Crippen molar-refractivity contribution in [1.82, 2.24) is 4.90 Å². The standard InChI is InChI=1S/C20H31NO4/c1-2-3-6-11-18(22)15-14-17-10-9-12-19(23)21(17)16-8-5-4-7-13-20(24)25/h5,8,14H,2-4,6-7,9-13,15-16H2,1H3,(H,24,25)/b8-5-,17-14?. The quantitative estimate of drug-likeness (QED) is 0.422. The number of amides is 1. The van der Waals surface area contributed by atoms with Gasteiger partial charge < -0.3 is 10.0 Å². The Hall–Kier alpha value is -1.91. The predicted molar refractivity (Wildman–Crippen MR) is 98.0 cm³/mol. The Morgan fingerprint density at radius 3 is 2.64 bits per heavy atom. The van der Waals surface area contributed by atoms with Crippen LogP contribution in [0.1, 0.15) is 77.6 Å². The van der Waals surface area contributed by atoms with Crippen molar-refractivity contribution in [3.05, 3.63) is 23.9 Å². The molecule has 0 aromatic carbocycles. The van der Waals surface area contributed by atoms with Gasteiger partial charge in [-0.05, 0) is 32.1 Å². The molecule has 1 N–H and O–H groups in total. The molecule has 0 aromatic heterocycles. The summed E-state index contributed by atoms with van der Waals surface area (Å²) in [5.41, 5.74) is 0.954. The average Bonchev–Trinajstić information content (AvgIpc) is 2.57. The predicted octanol–water partition coefficient (Wildman–Crippen LogP) is 4.23. The molecule has 1 heterocycles. The number of hydrogen-bond donors (Lipinski definition) is 1. The van der Waals surface area contributed by atoms with E-state index in [1.54, 1.807) is 4.90 Å². The highest BCUT2D eigenvalue weighted by Gasteiger charge is 2.21. The number of carboxylic acid groups (broad SMARTS) is 1. The summed E-state index contributed by atoms with van der Waals surface area (Å²) in [5.74, 6) is -0.442. The van der Waals surface area contributed by atoms with Gasteiger partial charge in [-0.15, -0.1) is 0 Å². The molecule has 0 aliphatic carbocycles. The lowest BCUT2D eigenvalue weighted by Crippen LogP contribution is -2.33. The van der Waals surface area contributed by atoms with E-state index in [1.165, 1.54) is 0 Å². The molecule has 0 unspecified atom stereocenters. The minimum atomic E-state index is -0.784.